The minimum Gasteiger partial charge on any atom is -0.493 e. The topological polar surface area (TPSA) is 82.5 Å². The molecule has 7 nitrogen and oxygen atoms in total. The zero-order valence-corrected chi connectivity index (χ0v) is 17.9. The molecular formula is C23H22F3N3O4. The van der Waals surface area contributed by atoms with E-state index in [1.807, 2.05) is 0 Å². The molecule has 0 aliphatic rings. The van der Waals surface area contributed by atoms with Crippen molar-refractivity contribution in [2.75, 3.05) is 13.7 Å². The van der Waals surface area contributed by atoms with E-state index < -0.39 is 29.7 Å². The van der Waals surface area contributed by atoms with Crippen LogP contribution in [0.3, 0.4) is 0 Å². The van der Waals surface area contributed by atoms with E-state index >= 15 is 0 Å². The third-order valence-corrected chi connectivity index (χ3v) is 4.74. The molecule has 1 unspecified atom stereocenters. The van der Waals surface area contributed by atoms with Crippen LogP contribution in [0.4, 0.5) is 13.2 Å². The molecule has 2 aromatic carbocycles. The Labute approximate surface area is 188 Å². The minimum atomic E-state index is -4.52. The average Bonchev–Trinajstić information content (AvgIpc) is 3.24. The molecule has 0 bridgehead atoms. The van der Waals surface area contributed by atoms with Crippen LogP contribution in [0.25, 0.3) is 5.69 Å². The highest BCUT2D eigenvalue weighted by Crippen LogP contribution is 2.31. The van der Waals surface area contributed by atoms with Crippen molar-refractivity contribution >= 4 is 11.9 Å². The highest BCUT2D eigenvalue weighted by Gasteiger charge is 2.31. The van der Waals surface area contributed by atoms with E-state index in [0.29, 0.717) is 5.56 Å². The summed E-state index contributed by atoms with van der Waals surface area (Å²) in [4.78, 5) is 25.1. The lowest BCUT2D eigenvalue weighted by Crippen LogP contribution is -2.31. The number of amides is 1. The normalized spacial score (nSPS) is 12.2. The summed E-state index contributed by atoms with van der Waals surface area (Å²) in [6.45, 7) is 1.88. The summed E-state index contributed by atoms with van der Waals surface area (Å²) in [6, 6.07) is 12.7. The summed E-state index contributed by atoms with van der Waals surface area (Å²) in [6.07, 6.45) is -3.32. The van der Waals surface area contributed by atoms with E-state index in [4.69, 9.17) is 9.47 Å². The Bertz CT molecular complexity index is 1110. The molecule has 33 heavy (non-hydrogen) atoms. The largest absolute Gasteiger partial charge is 0.493 e. The number of hydrogen-bond acceptors (Lipinski definition) is 5. The second-order valence-corrected chi connectivity index (χ2v) is 6.98. The Morgan fingerprint density at radius 3 is 2.48 bits per heavy atom. The first-order valence-electron chi connectivity index (χ1n) is 10.1. The number of halogens is 3. The molecule has 0 spiro atoms. The van der Waals surface area contributed by atoms with Crippen molar-refractivity contribution in [2.45, 2.75) is 25.6 Å². The third-order valence-electron chi connectivity index (χ3n) is 4.74. The van der Waals surface area contributed by atoms with Crippen LogP contribution in [0, 0.1) is 0 Å². The molecule has 1 aromatic heterocycles. The lowest BCUT2D eigenvalue weighted by molar-refractivity contribution is -0.143. The molecule has 0 saturated carbocycles. The van der Waals surface area contributed by atoms with E-state index in [1.165, 1.54) is 25.4 Å². The number of aromatic nitrogens is 2. The number of carbonyl (C=O) groups is 2. The van der Waals surface area contributed by atoms with Gasteiger partial charge in [0.2, 0.25) is 0 Å². The van der Waals surface area contributed by atoms with Gasteiger partial charge in [-0.15, -0.1) is 0 Å². The van der Waals surface area contributed by atoms with Crippen LogP contribution >= 0.6 is 0 Å². The number of nitrogens with zero attached hydrogens (tertiary/aromatic N) is 2. The number of ether oxygens (including phenoxy) is 2. The number of carbonyl (C=O) groups excluding carboxylic acids is 2. The number of rotatable bonds is 8. The molecule has 3 rings (SSSR count). The van der Waals surface area contributed by atoms with Crippen molar-refractivity contribution in [1.29, 1.82) is 0 Å². The van der Waals surface area contributed by atoms with Gasteiger partial charge in [-0.3, -0.25) is 9.59 Å². The average molecular weight is 461 g/mol. The first-order valence-corrected chi connectivity index (χ1v) is 10.1. The van der Waals surface area contributed by atoms with Crippen LogP contribution < -0.4 is 10.1 Å². The molecule has 0 aliphatic heterocycles. The predicted molar refractivity (Wildman–Crippen MR) is 113 cm³/mol. The Hall–Kier alpha value is -3.82. The van der Waals surface area contributed by atoms with Crippen LogP contribution in [0.5, 0.6) is 5.75 Å². The Morgan fingerprint density at radius 2 is 1.85 bits per heavy atom. The number of benzene rings is 2. The predicted octanol–water partition coefficient (Wildman–Crippen LogP) is 4.32. The second kappa shape index (κ2) is 10.2. The molecule has 1 atom stereocenters. The summed E-state index contributed by atoms with van der Waals surface area (Å²) in [5.74, 6) is -1.09. The van der Waals surface area contributed by atoms with Gasteiger partial charge in [-0.05, 0) is 30.7 Å². The highest BCUT2D eigenvalue weighted by molar-refractivity contribution is 5.95. The summed E-state index contributed by atoms with van der Waals surface area (Å²) in [5.41, 5.74) is -0.206. The lowest BCUT2D eigenvalue weighted by atomic mass is 10.0. The SMILES string of the molecule is CCOC(=O)CC(NC(=O)c1nn(-c2cccc(C(F)(F)F)c2)cc1OC)c1ccccc1. The van der Waals surface area contributed by atoms with Gasteiger partial charge in [-0.1, -0.05) is 36.4 Å². The fourth-order valence-corrected chi connectivity index (χ4v) is 3.17. The number of methoxy groups -OCH3 is 1. The van der Waals surface area contributed by atoms with E-state index in [1.54, 1.807) is 37.3 Å². The van der Waals surface area contributed by atoms with Crippen molar-refractivity contribution < 1.29 is 32.2 Å². The van der Waals surface area contributed by atoms with Crippen LogP contribution in [-0.2, 0) is 15.7 Å². The van der Waals surface area contributed by atoms with Crippen LogP contribution in [0.2, 0.25) is 0 Å². The maximum atomic E-state index is 13.1. The molecule has 0 aliphatic carbocycles. The smallest absolute Gasteiger partial charge is 0.416 e. The van der Waals surface area contributed by atoms with Gasteiger partial charge < -0.3 is 14.8 Å². The number of nitrogens with one attached hydrogen (secondary N) is 1. The van der Waals surface area contributed by atoms with Gasteiger partial charge in [0.25, 0.3) is 5.91 Å². The molecular weight excluding hydrogens is 439 g/mol. The first-order chi connectivity index (χ1) is 15.7. The molecule has 0 saturated heterocycles. The summed E-state index contributed by atoms with van der Waals surface area (Å²) >= 11 is 0. The molecule has 3 aromatic rings. The van der Waals surface area contributed by atoms with Gasteiger partial charge >= 0.3 is 12.1 Å². The van der Waals surface area contributed by atoms with Gasteiger partial charge in [0.05, 0.1) is 43.6 Å². The zero-order valence-electron chi connectivity index (χ0n) is 17.9. The van der Waals surface area contributed by atoms with E-state index in [0.717, 1.165) is 16.8 Å². The van der Waals surface area contributed by atoms with E-state index in [-0.39, 0.29) is 30.2 Å². The van der Waals surface area contributed by atoms with Crippen molar-refractivity contribution in [3.63, 3.8) is 0 Å². The second-order valence-electron chi connectivity index (χ2n) is 6.98. The number of hydrogen-bond donors (Lipinski definition) is 1. The molecule has 1 heterocycles. The van der Waals surface area contributed by atoms with Gasteiger partial charge in [0.1, 0.15) is 0 Å². The van der Waals surface area contributed by atoms with Crippen molar-refractivity contribution in [1.82, 2.24) is 15.1 Å². The number of esters is 1. The Balaban J connectivity index is 1.89. The quantitative estimate of drug-likeness (QED) is 0.505. The molecule has 174 valence electrons. The van der Waals surface area contributed by atoms with Crippen molar-refractivity contribution in [2.24, 2.45) is 0 Å². The Morgan fingerprint density at radius 1 is 1.12 bits per heavy atom. The molecule has 0 fully saturated rings. The van der Waals surface area contributed by atoms with E-state index in [2.05, 4.69) is 10.4 Å². The molecule has 0 radical (unpaired) electrons. The van der Waals surface area contributed by atoms with Gasteiger partial charge in [-0.2, -0.15) is 18.3 Å². The van der Waals surface area contributed by atoms with Gasteiger partial charge in [-0.25, -0.2) is 4.68 Å². The van der Waals surface area contributed by atoms with Crippen LogP contribution in [0.15, 0.2) is 60.8 Å². The Kier molecular flexibility index (Phi) is 7.37. The summed E-state index contributed by atoms with van der Waals surface area (Å²) in [7, 11) is 1.32. The minimum absolute atomic E-state index is 0.0628. The molecule has 1 N–H and O–H groups in total. The fraction of sp³-hybridized carbons (Fsp3) is 0.261. The monoisotopic (exact) mass is 461 g/mol. The maximum Gasteiger partial charge on any atom is 0.416 e. The molecule has 1 amide bonds. The maximum absolute atomic E-state index is 13.1. The van der Waals surface area contributed by atoms with Crippen molar-refractivity contribution in [3.05, 3.63) is 77.6 Å². The molecule has 10 heteroatoms. The number of alkyl halides is 3. The highest BCUT2D eigenvalue weighted by atomic mass is 19.4. The van der Waals surface area contributed by atoms with Crippen LogP contribution in [0.1, 0.15) is 41.0 Å². The van der Waals surface area contributed by atoms with Crippen molar-refractivity contribution in [3.8, 4) is 11.4 Å². The van der Waals surface area contributed by atoms with E-state index in [9.17, 15) is 22.8 Å². The fourth-order valence-electron chi connectivity index (χ4n) is 3.17. The first kappa shape index (κ1) is 23.8. The summed E-state index contributed by atoms with van der Waals surface area (Å²) < 4.78 is 50.6. The summed E-state index contributed by atoms with van der Waals surface area (Å²) in [5, 5.41) is 6.87. The van der Waals surface area contributed by atoms with Gasteiger partial charge in [0, 0.05) is 0 Å². The zero-order chi connectivity index (χ0) is 24.0. The lowest BCUT2D eigenvalue weighted by Gasteiger charge is -2.18. The third kappa shape index (κ3) is 5.91. The van der Waals surface area contributed by atoms with Crippen LogP contribution in [-0.4, -0.2) is 35.4 Å². The van der Waals surface area contributed by atoms with Gasteiger partial charge in [0.15, 0.2) is 11.4 Å². The standard InChI is InChI=1S/C23H22F3N3O4/c1-3-33-20(30)13-18(15-8-5-4-6-9-15)27-22(31)21-19(32-2)14-29(28-21)17-11-7-10-16(12-17)23(24,25)26/h4-12,14,18H,3,13H2,1-2H3,(H,27,31).